The monoisotopic (exact) mass is 490 g/mol. The van der Waals surface area contributed by atoms with E-state index in [9.17, 15) is 4.79 Å². The SMILES string of the molecule is Cc1cc(-c2nc(C(=O)Nc3cc4oc(N5CCOCC5)nc4nc3NC3CCNC3)co2)ccn1. The number of nitrogens with one attached hydrogen (secondary N) is 3. The smallest absolute Gasteiger partial charge is 0.300 e. The van der Waals surface area contributed by atoms with Crippen molar-refractivity contribution >= 4 is 34.7 Å². The first-order valence-electron chi connectivity index (χ1n) is 11.9. The second-order valence-corrected chi connectivity index (χ2v) is 8.81. The molecule has 4 aromatic heterocycles. The predicted molar refractivity (Wildman–Crippen MR) is 132 cm³/mol. The molecule has 12 nitrogen and oxygen atoms in total. The van der Waals surface area contributed by atoms with E-state index in [4.69, 9.17) is 18.6 Å². The number of ether oxygens (including phenoxy) is 1. The molecule has 2 aliphatic rings. The van der Waals surface area contributed by atoms with Crippen molar-refractivity contribution in [3.05, 3.63) is 42.0 Å². The van der Waals surface area contributed by atoms with Gasteiger partial charge in [-0.3, -0.25) is 9.78 Å². The minimum absolute atomic E-state index is 0.152. The number of hydrogen-bond donors (Lipinski definition) is 3. The molecule has 6 rings (SSSR count). The lowest BCUT2D eigenvalue weighted by atomic mass is 10.2. The molecule has 0 bridgehead atoms. The van der Waals surface area contributed by atoms with Gasteiger partial charge in [0.1, 0.15) is 6.26 Å². The number of nitrogens with zero attached hydrogens (tertiary/aromatic N) is 5. The van der Waals surface area contributed by atoms with E-state index in [1.165, 1.54) is 6.26 Å². The fraction of sp³-hybridized carbons (Fsp3) is 0.375. The number of rotatable bonds is 6. The number of morpholine rings is 1. The number of carbonyl (C=O) groups excluding carboxylic acids is 1. The van der Waals surface area contributed by atoms with E-state index in [-0.39, 0.29) is 11.7 Å². The van der Waals surface area contributed by atoms with Crippen LogP contribution in [0.5, 0.6) is 0 Å². The second-order valence-electron chi connectivity index (χ2n) is 8.81. The number of anilines is 3. The lowest BCUT2D eigenvalue weighted by Crippen LogP contribution is -2.36. The summed E-state index contributed by atoms with van der Waals surface area (Å²) in [6, 6.07) is 6.05. The lowest BCUT2D eigenvalue weighted by molar-refractivity contribution is 0.102. The van der Waals surface area contributed by atoms with Crippen molar-refractivity contribution in [1.82, 2.24) is 25.3 Å². The highest BCUT2D eigenvalue weighted by Gasteiger charge is 2.23. The Kier molecular flexibility index (Phi) is 5.95. The van der Waals surface area contributed by atoms with Crippen LogP contribution in [0, 0.1) is 6.92 Å². The maximum Gasteiger partial charge on any atom is 0.300 e. The first kappa shape index (κ1) is 22.4. The fourth-order valence-corrected chi connectivity index (χ4v) is 4.29. The van der Waals surface area contributed by atoms with Crippen LogP contribution >= 0.6 is 0 Å². The second kappa shape index (κ2) is 9.55. The summed E-state index contributed by atoms with van der Waals surface area (Å²) in [5, 5.41) is 9.68. The number of hydrogen-bond acceptors (Lipinski definition) is 11. The Balaban J connectivity index is 1.29. The highest BCUT2D eigenvalue weighted by Crippen LogP contribution is 2.30. The molecule has 12 heteroatoms. The third-order valence-corrected chi connectivity index (χ3v) is 6.18. The van der Waals surface area contributed by atoms with Gasteiger partial charge in [-0.05, 0) is 32.0 Å². The molecule has 1 amide bonds. The maximum absolute atomic E-state index is 13.1. The largest absolute Gasteiger partial charge is 0.444 e. The van der Waals surface area contributed by atoms with Crippen molar-refractivity contribution < 1.29 is 18.4 Å². The van der Waals surface area contributed by atoms with Gasteiger partial charge >= 0.3 is 0 Å². The van der Waals surface area contributed by atoms with E-state index < -0.39 is 5.91 Å². The zero-order chi connectivity index (χ0) is 24.5. The van der Waals surface area contributed by atoms with Gasteiger partial charge in [0.25, 0.3) is 11.9 Å². The zero-order valence-corrected chi connectivity index (χ0v) is 19.8. The summed E-state index contributed by atoms with van der Waals surface area (Å²) in [5.41, 5.74) is 3.16. The molecule has 4 aromatic rings. The number of aryl methyl sites for hydroxylation is 1. The molecule has 1 unspecified atom stereocenters. The molecule has 2 fully saturated rings. The molecule has 0 aromatic carbocycles. The first-order valence-corrected chi connectivity index (χ1v) is 11.9. The van der Waals surface area contributed by atoms with Crippen molar-refractivity contribution in [3.63, 3.8) is 0 Å². The van der Waals surface area contributed by atoms with Crippen molar-refractivity contribution in [1.29, 1.82) is 0 Å². The Labute approximate surface area is 206 Å². The van der Waals surface area contributed by atoms with Crippen LogP contribution < -0.4 is 20.9 Å². The highest BCUT2D eigenvalue weighted by atomic mass is 16.5. The Morgan fingerprint density at radius 3 is 2.89 bits per heavy atom. The van der Waals surface area contributed by atoms with Crippen LogP contribution in [0.25, 0.3) is 22.7 Å². The minimum atomic E-state index is -0.419. The van der Waals surface area contributed by atoms with Gasteiger partial charge in [0.15, 0.2) is 17.1 Å². The molecule has 186 valence electrons. The molecule has 1 atom stereocenters. The zero-order valence-electron chi connectivity index (χ0n) is 19.8. The lowest BCUT2D eigenvalue weighted by Gasteiger charge is -2.24. The van der Waals surface area contributed by atoms with E-state index in [1.807, 2.05) is 17.9 Å². The predicted octanol–water partition coefficient (Wildman–Crippen LogP) is 2.44. The molecule has 3 N–H and O–H groups in total. The summed E-state index contributed by atoms with van der Waals surface area (Å²) in [6.07, 6.45) is 3.96. The molecule has 0 radical (unpaired) electrons. The summed E-state index contributed by atoms with van der Waals surface area (Å²) in [7, 11) is 0. The number of amides is 1. The van der Waals surface area contributed by atoms with Gasteiger partial charge < -0.3 is 34.4 Å². The number of fused-ring (bicyclic) bond motifs is 1. The quantitative estimate of drug-likeness (QED) is 0.367. The molecule has 36 heavy (non-hydrogen) atoms. The Morgan fingerprint density at radius 2 is 2.08 bits per heavy atom. The van der Waals surface area contributed by atoms with E-state index in [0.717, 1.165) is 30.8 Å². The average Bonchev–Trinajstić information content (AvgIpc) is 3.66. The molecule has 2 saturated heterocycles. The summed E-state index contributed by atoms with van der Waals surface area (Å²) in [6.45, 7) is 6.24. The number of pyridine rings is 2. The van der Waals surface area contributed by atoms with Crippen molar-refractivity contribution in [3.8, 4) is 11.5 Å². The van der Waals surface area contributed by atoms with Crippen LogP contribution in [0.15, 0.2) is 39.5 Å². The molecule has 0 aliphatic carbocycles. The van der Waals surface area contributed by atoms with E-state index in [2.05, 4.69) is 30.9 Å². The third-order valence-electron chi connectivity index (χ3n) is 6.18. The van der Waals surface area contributed by atoms with Crippen molar-refractivity contribution in [2.75, 3.05) is 54.9 Å². The molecular formula is C24H26N8O4. The molecule has 6 heterocycles. The first-order chi connectivity index (χ1) is 17.6. The van der Waals surface area contributed by atoms with E-state index in [1.54, 1.807) is 18.3 Å². The number of aromatic nitrogens is 4. The van der Waals surface area contributed by atoms with E-state index in [0.29, 0.717) is 60.9 Å². The van der Waals surface area contributed by atoms with Crippen LogP contribution in [0.4, 0.5) is 17.5 Å². The van der Waals surface area contributed by atoms with Crippen LogP contribution in [-0.2, 0) is 4.74 Å². The molecule has 0 spiro atoms. The van der Waals surface area contributed by atoms with Gasteiger partial charge in [0.05, 0.1) is 18.9 Å². The van der Waals surface area contributed by atoms with Gasteiger partial charge in [-0.15, -0.1) is 0 Å². The summed E-state index contributed by atoms with van der Waals surface area (Å²) in [4.78, 5) is 33.0. The Morgan fingerprint density at radius 1 is 1.19 bits per heavy atom. The van der Waals surface area contributed by atoms with Gasteiger partial charge in [-0.2, -0.15) is 4.98 Å². The van der Waals surface area contributed by atoms with Gasteiger partial charge in [0.2, 0.25) is 11.5 Å². The van der Waals surface area contributed by atoms with Crippen molar-refractivity contribution in [2.24, 2.45) is 0 Å². The topological polar surface area (TPSA) is 143 Å². The maximum atomic E-state index is 13.1. The van der Waals surface area contributed by atoms with Gasteiger partial charge in [0, 0.05) is 49.2 Å². The van der Waals surface area contributed by atoms with Crippen molar-refractivity contribution in [2.45, 2.75) is 19.4 Å². The summed E-state index contributed by atoms with van der Waals surface area (Å²) >= 11 is 0. The van der Waals surface area contributed by atoms with Crippen LogP contribution in [0.3, 0.4) is 0 Å². The van der Waals surface area contributed by atoms with Crippen LogP contribution in [0.2, 0.25) is 0 Å². The average molecular weight is 491 g/mol. The summed E-state index contributed by atoms with van der Waals surface area (Å²) < 4.78 is 17.0. The fourth-order valence-electron chi connectivity index (χ4n) is 4.29. The molecule has 2 aliphatic heterocycles. The van der Waals surface area contributed by atoms with Gasteiger partial charge in [-0.1, -0.05) is 0 Å². The number of carbonyl (C=O) groups is 1. The van der Waals surface area contributed by atoms with Crippen LogP contribution in [-0.4, -0.2) is 71.3 Å². The standard InChI is InChI=1S/C24H26N8O4/c1-14-10-15(2-5-26-14)23-29-18(13-35-23)22(33)28-17-11-19-21(30-20(17)27-16-3-4-25-12-16)31-24(36-19)32-6-8-34-9-7-32/h2,5,10-11,13,16,25H,3-4,6-9,12H2,1H3,(H,27,30)(H,28,33). The third kappa shape index (κ3) is 4.60. The minimum Gasteiger partial charge on any atom is -0.444 e. The van der Waals surface area contributed by atoms with E-state index >= 15 is 0 Å². The normalized spacial score (nSPS) is 18.0. The highest BCUT2D eigenvalue weighted by molar-refractivity contribution is 6.05. The van der Waals surface area contributed by atoms with Gasteiger partial charge in [-0.25, -0.2) is 9.97 Å². The molecular weight excluding hydrogens is 464 g/mol. The number of oxazole rings is 2. The Hall–Kier alpha value is -4.03. The molecule has 0 saturated carbocycles. The Bertz CT molecular complexity index is 1390. The summed E-state index contributed by atoms with van der Waals surface area (Å²) in [5.74, 6) is 0.456. The van der Waals surface area contributed by atoms with Crippen LogP contribution in [0.1, 0.15) is 22.6 Å².